The Hall–Kier alpha value is -1.19. The molecular formula is C14H13ClFN3OS3. The van der Waals surface area contributed by atoms with Crippen molar-refractivity contribution in [3.63, 3.8) is 0 Å². The van der Waals surface area contributed by atoms with Gasteiger partial charge in [-0.15, -0.1) is 35.1 Å². The number of fused-ring (bicyclic) bond motifs is 1. The van der Waals surface area contributed by atoms with E-state index in [1.807, 2.05) is 6.92 Å². The van der Waals surface area contributed by atoms with E-state index in [0.29, 0.717) is 10.7 Å². The summed E-state index contributed by atoms with van der Waals surface area (Å²) >= 11 is 4.20. The zero-order valence-corrected chi connectivity index (χ0v) is 15.2. The van der Waals surface area contributed by atoms with Crippen LogP contribution in [0.3, 0.4) is 0 Å². The van der Waals surface area contributed by atoms with Crippen molar-refractivity contribution >= 4 is 67.8 Å². The SMILES string of the molecule is CC(N)Sc1nc(C(=O)Nc2cc3cc(F)ccc3s2)cs1.Cl. The van der Waals surface area contributed by atoms with E-state index in [0.717, 1.165) is 14.4 Å². The van der Waals surface area contributed by atoms with Crippen LogP contribution in [0.2, 0.25) is 0 Å². The van der Waals surface area contributed by atoms with Crippen LogP contribution in [0.5, 0.6) is 0 Å². The molecule has 3 aromatic rings. The number of aromatic nitrogens is 1. The summed E-state index contributed by atoms with van der Waals surface area (Å²) in [4.78, 5) is 16.4. The van der Waals surface area contributed by atoms with Crippen molar-refractivity contribution in [1.82, 2.24) is 4.98 Å². The Morgan fingerprint density at radius 2 is 2.22 bits per heavy atom. The van der Waals surface area contributed by atoms with Gasteiger partial charge in [0.05, 0.1) is 10.4 Å². The average Bonchev–Trinajstić information content (AvgIpc) is 3.03. The molecule has 122 valence electrons. The van der Waals surface area contributed by atoms with Crippen molar-refractivity contribution in [3.05, 3.63) is 41.2 Å². The Morgan fingerprint density at radius 1 is 1.43 bits per heavy atom. The highest BCUT2D eigenvalue weighted by Crippen LogP contribution is 2.31. The Morgan fingerprint density at radius 3 is 2.96 bits per heavy atom. The van der Waals surface area contributed by atoms with Gasteiger partial charge in [0.25, 0.3) is 5.91 Å². The molecule has 1 amide bonds. The van der Waals surface area contributed by atoms with Crippen LogP contribution in [-0.4, -0.2) is 16.3 Å². The third-order valence-corrected chi connectivity index (χ3v) is 5.63. The van der Waals surface area contributed by atoms with Gasteiger partial charge in [-0.25, -0.2) is 9.37 Å². The van der Waals surface area contributed by atoms with Crippen LogP contribution in [0.4, 0.5) is 9.39 Å². The van der Waals surface area contributed by atoms with Gasteiger partial charge in [-0.2, -0.15) is 0 Å². The largest absolute Gasteiger partial charge is 0.319 e. The highest BCUT2D eigenvalue weighted by molar-refractivity contribution is 8.01. The summed E-state index contributed by atoms with van der Waals surface area (Å²) in [6.07, 6.45) is 0. The van der Waals surface area contributed by atoms with Gasteiger partial charge >= 0.3 is 0 Å². The average molecular weight is 390 g/mol. The first-order chi connectivity index (χ1) is 10.5. The lowest BCUT2D eigenvalue weighted by Gasteiger charge is -2.00. The van der Waals surface area contributed by atoms with Crippen molar-refractivity contribution in [2.24, 2.45) is 5.73 Å². The molecule has 1 atom stereocenters. The number of nitrogens with one attached hydrogen (secondary N) is 1. The Kier molecular flexibility index (Phi) is 5.99. The third-order valence-electron chi connectivity index (χ3n) is 2.72. The zero-order chi connectivity index (χ0) is 15.7. The number of nitrogens with zero attached hydrogens (tertiary/aromatic N) is 1. The third kappa shape index (κ3) is 4.42. The summed E-state index contributed by atoms with van der Waals surface area (Å²) in [5.74, 6) is -0.569. The van der Waals surface area contributed by atoms with Gasteiger partial charge in [0, 0.05) is 10.1 Å². The van der Waals surface area contributed by atoms with E-state index in [9.17, 15) is 9.18 Å². The predicted octanol–water partition coefficient (Wildman–Crippen LogP) is 4.57. The van der Waals surface area contributed by atoms with Crippen molar-refractivity contribution in [2.45, 2.75) is 16.6 Å². The fourth-order valence-corrected chi connectivity index (χ4v) is 4.58. The Labute approximate surface area is 150 Å². The molecule has 0 fully saturated rings. The van der Waals surface area contributed by atoms with E-state index in [-0.39, 0.29) is 29.5 Å². The molecule has 9 heteroatoms. The van der Waals surface area contributed by atoms with Crippen LogP contribution in [0.25, 0.3) is 10.1 Å². The first-order valence-corrected chi connectivity index (χ1v) is 8.97. The molecule has 0 saturated carbocycles. The fourth-order valence-electron chi connectivity index (χ4n) is 1.83. The molecule has 2 heterocycles. The number of hydrogen-bond acceptors (Lipinski definition) is 6. The van der Waals surface area contributed by atoms with Gasteiger partial charge < -0.3 is 11.1 Å². The van der Waals surface area contributed by atoms with Crippen molar-refractivity contribution in [1.29, 1.82) is 0 Å². The second-order valence-electron chi connectivity index (χ2n) is 4.57. The Bertz CT molecular complexity index is 834. The standard InChI is InChI=1S/C14H12FN3OS3.ClH/c1-7(16)21-14-17-10(6-20-14)13(19)18-12-5-8-4-9(15)2-3-11(8)22-12;/h2-7H,16H2,1H3,(H,18,19);1H. The number of benzene rings is 1. The second-order valence-corrected chi connectivity index (χ2v) is 8.13. The van der Waals surface area contributed by atoms with E-state index in [2.05, 4.69) is 10.3 Å². The summed E-state index contributed by atoms with van der Waals surface area (Å²) in [6.45, 7) is 1.86. The first kappa shape index (κ1) is 18.2. The lowest BCUT2D eigenvalue weighted by molar-refractivity contribution is 0.102. The Balaban J connectivity index is 0.00000192. The van der Waals surface area contributed by atoms with E-state index in [4.69, 9.17) is 5.73 Å². The molecule has 4 nitrogen and oxygen atoms in total. The fraction of sp³-hybridized carbons (Fsp3) is 0.143. The highest BCUT2D eigenvalue weighted by atomic mass is 35.5. The minimum absolute atomic E-state index is 0. The first-order valence-electron chi connectivity index (χ1n) is 6.39. The smallest absolute Gasteiger partial charge is 0.275 e. The van der Waals surface area contributed by atoms with Gasteiger partial charge in [0.2, 0.25) is 0 Å². The van der Waals surface area contributed by atoms with Gasteiger partial charge in [-0.05, 0) is 36.6 Å². The number of nitrogens with two attached hydrogens (primary N) is 1. The molecular weight excluding hydrogens is 377 g/mol. The molecule has 1 aromatic carbocycles. The van der Waals surface area contributed by atoms with E-state index in [1.54, 1.807) is 17.5 Å². The summed E-state index contributed by atoms with van der Waals surface area (Å²) < 4.78 is 14.9. The molecule has 3 rings (SSSR count). The van der Waals surface area contributed by atoms with Crippen molar-refractivity contribution < 1.29 is 9.18 Å². The molecule has 0 bridgehead atoms. The normalized spacial score (nSPS) is 12.0. The number of carbonyl (C=O) groups is 1. The molecule has 2 aromatic heterocycles. The van der Waals surface area contributed by atoms with E-state index >= 15 is 0 Å². The number of rotatable bonds is 4. The number of anilines is 1. The topological polar surface area (TPSA) is 68.0 Å². The highest BCUT2D eigenvalue weighted by Gasteiger charge is 2.13. The molecule has 23 heavy (non-hydrogen) atoms. The van der Waals surface area contributed by atoms with E-state index < -0.39 is 0 Å². The minimum atomic E-state index is -0.291. The molecule has 0 radical (unpaired) electrons. The molecule has 0 aliphatic rings. The van der Waals surface area contributed by atoms with Crippen LogP contribution >= 0.6 is 46.8 Å². The summed E-state index contributed by atoms with van der Waals surface area (Å²) in [7, 11) is 0. The molecule has 0 saturated heterocycles. The maximum Gasteiger partial charge on any atom is 0.275 e. The number of thiophene rings is 1. The molecule has 0 aliphatic carbocycles. The second kappa shape index (κ2) is 7.59. The van der Waals surface area contributed by atoms with Crippen LogP contribution in [-0.2, 0) is 0 Å². The molecule has 3 N–H and O–H groups in total. The lowest BCUT2D eigenvalue weighted by Crippen LogP contribution is -2.11. The molecule has 0 aliphatic heterocycles. The molecule has 0 spiro atoms. The summed E-state index contributed by atoms with van der Waals surface area (Å²) in [5, 5.41) is 5.86. The van der Waals surface area contributed by atoms with Crippen LogP contribution < -0.4 is 11.1 Å². The van der Waals surface area contributed by atoms with Crippen LogP contribution in [0.15, 0.2) is 34.0 Å². The van der Waals surface area contributed by atoms with Crippen LogP contribution in [0, 0.1) is 5.82 Å². The van der Waals surface area contributed by atoms with Crippen molar-refractivity contribution in [2.75, 3.05) is 5.32 Å². The molecule has 1 unspecified atom stereocenters. The predicted molar refractivity (Wildman–Crippen MR) is 98.6 cm³/mol. The number of halogens is 2. The monoisotopic (exact) mass is 389 g/mol. The number of hydrogen-bond donors (Lipinski definition) is 2. The zero-order valence-electron chi connectivity index (χ0n) is 11.9. The maximum absolute atomic E-state index is 13.2. The van der Waals surface area contributed by atoms with Gasteiger partial charge in [0.1, 0.15) is 11.5 Å². The minimum Gasteiger partial charge on any atom is -0.319 e. The number of thiazole rings is 1. The summed E-state index contributed by atoms with van der Waals surface area (Å²) in [6, 6.07) is 6.31. The van der Waals surface area contributed by atoms with Crippen LogP contribution in [0.1, 0.15) is 17.4 Å². The van der Waals surface area contributed by atoms with Crippen molar-refractivity contribution in [3.8, 4) is 0 Å². The van der Waals surface area contributed by atoms with Gasteiger partial charge in [-0.3, -0.25) is 4.79 Å². The lowest BCUT2D eigenvalue weighted by atomic mass is 10.2. The maximum atomic E-state index is 13.2. The van der Waals surface area contributed by atoms with E-state index in [1.165, 1.54) is 46.6 Å². The summed E-state index contributed by atoms with van der Waals surface area (Å²) in [5.41, 5.74) is 6.05. The van der Waals surface area contributed by atoms with Gasteiger partial charge in [0.15, 0.2) is 4.34 Å². The number of amides is 1. The number of carbonyl (C=O) groups excluding carboxylic acids is 1. The van der Waals surface area contributed by atoms with Gasteiger partial charge in [-0.1, -0.05) is 11.8 Å². The number of thioether (sulfide) groups is 1. The quantitative estimate of drug-likeness (QED) is 0.506.